The summed E-state index contributed by atoms with van der Waals surface area (Å²) in [6.07, 6.45) is 0.670. The van der Waals surface area contributed by atoms with Crippen LogP contribution >= 0.6 is 11.6 Å². The van der Waals surface area contributed by atoms with Gasteiger partial charge in [-0.3, -0.25) is 9.59 Å². The van der Waals surface area contributed by atoms with Crippen molar-refractivity contribution in [1.82, 2.24) is 0 Å². The second-order valence-electron chi connectivity index (χ2n) is 2.56. The molecule has 1 rings (SSSR count). The van der Waals surface area contributed by atoms with Crippen molar-refractivity contribution in [2.45, 2.75) is 0 Å². The van der Waals surface area contributed by atoms with Crippen LogP contribution < -0.4 is 10.5 Å². The average Bonchev–Trinajstić information content (AvgIpc) is 2.15. The van der Waals surface area contributed by atoms with Gasteiger partial charge in [0.15, 0.2) is 6.61 Å². The Bertz CT molecular complexity index is 365. The number of hydrogen-bond acceptors (Lipinski definition) is 3. The maximum atomic E-state index is 10.4. The number of carbonyl (C=O) groups is 2. The third-order valence-electron chi connectivity index (χ3n) is 1.46. The third-order valence-corrected chi connectivity index (χ3v) is 1.76. The van der Waals surface area contributed by atoms with E-state index < -0.39 is 5.91 Å². The molecule has 0 aliphatic carbocycles. The summed E-state index contributed by atoms with van der Waals surface area (Å²) in [5.74, 6) is -0.253. The van der Waals surface area contributed by atoms with Gasteiger partial charge in [0.05, 0.1) is 5.02 Å². The normalized spacial score (nSPS) is 9.50. The number of benzene rings is 1. The summed E-state index contributed by atoms with van der Waals surface area (Å²) in [6.45, 7) is -0.236. The smallest absolute Gasteiger partial charge is 0.255 e. The summed E-state index contributed by atoms with van der Waals surface area (Å²) in [5.41, 5.74) is 5.33. The number of aldehydes is 1. The van der Waals surface area contributed by atoms with E-state index >= 15 is 0 Å². The Morgan fingerprint density at radius 3 is 2.79 bits per heavy atom. The lowest BCUT2D eigenvalue weighted by Gasteiger charge is -2.05. The number of halogens is 1. The van der Waals surface area contributed by atoms with Gasteiger partial charge < -0.3 is 10.5 Å². The Hall–Kier alpha value is -1.55. The van der Waals surface area contributed by atoms with Crippen molar-refractivity contribution in [3.05, 3.63) is 28.8 Å². The lowest BCUT2D eigenvalue weighted by atomic mass is 10.2. The molecule has 0 saturated heterocycles. The largest absolute Gasteiger partial charge is 0.482 e. The van der Waals surface area contributed by atoms with E-state index in [1.807, 2.05) is 0 Å². The molecule has 0 radical (unpaired) electrons. The summed E-state index contributed by atoms with van der Waals surface area (Å²) in [5, 5.41) is 0.274. The summed E-state index contributed by atoms with van der Waals surface area (Å²) in [6, 6.07) is 4.50. The molecule has 0 fully saturated rings. The summed E-state index contributed by atoms with van der Waals surface area (Å²) >= 11 is 5.76. The van der Waals surface area contributed by atoms with Crippen molar-refractivity contribution in [1.29, 1.82) is 0 Å². The van der Waals surface area contributed by atoms with Crippen LogP contribution in [0.4, 0.5) is 0 Å². The number of amides is 1. The molecular weight excluding hydrogens is 206 g/mol. The number of nitrogens with two attached hydrogens (primary N) is 1. The van der Waals surface area contributed by atoms with Gasteiger partial charge in [-0.05, 0) is 18.2 Å². The molecule has 0 heterocycles. The van der Waals surface area contributed by atoms with Crippen LogP contribution in [0.3, 0.4) is 0 Å². The van der Waals surface area contributed by atoms with Gasteiger partial charge in [0.2, 0.25) is 0 Å². The lowest BCUT2D eigenvalue weighted by molar-refractivity contribution is -0.119. The third kappa shape index (κ3) is 2.74. The van der Waals surface area contributed by atoms with Crippen molar-refractivity contribution in [3.8, 4) is 5.75 Å². The number of rotatable bonds is 4. The zero-order valence-corrected chi connectivity index (χ0v) is 7.95. The van der Waals surface area contributed by atoms with Crippen molar-refractivity contribution < 1.29 is 14.3 Å². The zero-order valence-electron chi connectivity index (χ0n) is 7.20. The van der Waals surface area contributed by atoms with Gasteiger partial charge in [-0.2, -0.15) is 0 Å². The SMILES string of the molecule is NC(=O)COc1ccc(C=O)cc1Cl. The zero-order chi connectivity index (χ0) is 10.6. The fourth-order valence-electron chi connectivity index (χ4n) is 0.856. The molecule has 0 atom stereocenters. The van der Waals surface area contributed by atoms with Crippen LogP contribution in [0.5, 0.6) is 5.75 Å². The average molecular weight is 214 g/mol. The first-order chi connectivity index (χ1) is 6.63. The molecule has 4 nitrogen and oxygen atoms in total. The summed E-state index contributed by atoms with van der Waals surface area (Å²) in [7, 11) is 0. The van der Waals surface area contributed by atoms with Gasteiger partial charge in [-0.25, -0.2) is 0 Å². The molecule has 0 saturated carbocycles. The Labute approximate surface area is 85.6 Å². The molecule has 0 bridgehead atoms. The molecule has 14 heavy (non-hydrogen) atoms. The highest BCUT2D eigenvalue weighted by Gasteiger charge is 2.03. The first-order valence-electron chi connectivity index (χ1n) is 3.79. The van der Waals surface area contributed by atoms with Crippen LogP contribution in [0.25, 0.3) is 0 Å². The Morgan fingerprint density at radius 1 is 1.57 bits per heavy atom. The van der Waals surface area contributed by atoms with Gasteiger partial charge in [0.25, 0.3) is 5.91 Å². The molecule has 0 aromatic heterocycles. The molecule has 0 unspecified atom stereocenters. The molecule has 2 N–H and O–H groups in total. The standard InChI is InChI=1S/C9H8ClNO3/c10-7-3-6(4-12)1-2-8(7)14-5-9(11)13/h1-4H,5H2,(H2,11,13). The molecule has 0 aliphatic rings. The van der Waals surface area contributed by atoms with E-state index in [0.717, 1.165) is 0 Å². The van der Waals surface area contributed by atoms with E-state index in [1.165, 1.54) is 18.2 Å². The minimum Gasteiger partial charge on any atom is -0.482 e. The highest BCUT2D eigenvalue weighted by molar-refractivity contribution is 6.32. The fourth-order valence-corrected chi connectivity index (χ4v) is 1.10. The molecule has 1 aromatic rings. The van der Waals surface area contributed by atoms with Crippen molar-refractivity contribution >= 4 is 23.8 Å². The van der Waals surface area contributed by atoms with E-state index in [4.69, 9.17) is 22.1 Å². The van der Waals surface area contributed by atoms with Gasteiger partial charge in [0.1, 0.15) is 12.0 Å². The molecular formula is C9H8ClNO3. The minimum absolute atomic E-state index is 0.236. The van der Waals surface area contributed by atoms with E-state index in [2.05, 4.69) is 0 Å². The van der Waals surface area contributed by atoms with Gasteiger partial charge >= 0.3 is 0 Å². The van der Waals surface area contributed by atoms with Crippen LogP contribution in [0.15, 0.2) is 18.2 Å². The van der Waals surface area contributed by atoms with E-state index in [9.17, 15) is 9.59 Å². The lowest BCUT2D eigenvalue weighted by Crippen LogP contribution is -2.20. The Kier molecular flexibility index (Phi) is 3.48. The second-order valence-corrected chi connectivity index (χ2v) is 2.97. The summed E-state index contributed by atoms with van der Waals surface area (Å²) in [4.78, 5) is 20.8. The maximum Gasteiger partial charge on any atom is 0.255 e. The van der Waals surface area contributed by atoms with Gasteiger partial charge in [-0.1, -0.05) is 11.6 Å². The van der Waals surface area contributed by atoms with Crippen molar-refractivity contribution in [2.24, 2.45) is 5.73 Å². The molecule has 1 amide bonds. The van der Waals surface area contributed by atoms with Crippen LogP contribution in [0.1, 0.15) is 10.4 Å². The molecule has 74 valence electrons. The molecule has 0 aliphatic heterocycles. The highest BCUT2D eigenvalue weighted by Crippen LogP contribution is 2.24. The predicted octanol–water partition coefficient (Wildman–Crippen LogP) is 1.02. The van der Waals surface area contributed by atoms with Crippen molar-refractivity contribution in [2.75, 3.05) is 6.61 Å². The molecule has 0 spiro atoms. The van der Waals surface area contributed by atoms with E-state index in [-0.39, 0.29) is 11.6 Å². The van der Waals surface area contributed by atoms with Gasteiger partial charge in [0, 0.05) is 5.56 Å². The Morgan fingerprint density at radius 2 is 2.29 bits per heavy atom. The van der Waals surface area contributed by atoms with Crippen LogP contribution in [0.2, 0.25) is 5.02 Å². The highest BCUT2D eigenvalue weighted by atomic mass is 35.5. The van der Waals surface area contributed by atoms with Crippen LogP contribution in [0, 0.1) is 0 Å². The predicted molar refractivity (Wildman–Crippen MR) is 51.5 cm³/mol. The number of hydrogen-bond donors (Lipinski definition) is 1. The first-order valence-corrected chi connectivity index (χ1v) is 4.17. The van der Waals surface area contributed by atoms with Crippen LogP contribution in [-0.2, 0) is 4.79 Å². The molecule has 5 heteroatoms. The molecule has 1 aromatic carbocycles. The number of ether oxygens (including phenoxy) is 1. The minimum atomic E-state index is -0.583. The topological polar surface area (TPSA) is 69.4 Å². The maximum absolute atomic E-state index is 10.4. The second kappa shape index (κ2) is 4.62. The first kappa shape index (κ1) is 10.5. The number of primary amides is 1. The van der Waals surface area contributed by atoms with Crippen LogP contribution in [-0.4, -0.2) is 18.8 Å². The number of carbonyl (C=O) groups excluding carboxylic acids is 2. The summed E-state index contributed by atoms with van der Waals surface area (Å²) < 4.78 is 4.98. The van der Waals surface area contributed by atoms with E-state index in [1.54, 1.807) is 0 Å². The van der Waals surface area contributed by atoms with E-state index in [0.29, 0.717) is 17.6 Å². The van der Waals surface area contributed by atoms with Gasteiger partial charge in [-0.15, -0.1) is 0 Å². The fraction of sp³-hybridized carbons (Fsp3) is 0.111. The Balaban J connectivity index is 2.78. The van der Waals surface area contributed by atoms with Crippen molar-refractivity contribution in [3.63, 3.8) is 0 Å². The monoisotopic (exact) mass is 213 g/mol. The quantitative estimate of drug-likeness (QED) is 0.759.